The summed E-state index contributed by atoms with van der Waals surface area (Å²) in [6.45, 7) is 0.441. The molecular formula is C4H8N2OS. The number of thiol groups is 1. The highest BCUT2D eigenvalue weighted by Crippen LogP contribution is 1.83. The molecule has 8 heavy (non-hydrogen) atoms. The third kappa shape index (κ3) is 1.08. The molecule has 0 radical (unpaired) electrons. The first-order valence-electron chi connectivity index (χ1n) is 2.33. The molecule has 0 aliphatic carbocycles. The quantitative estimate of drug-likeness (QED) is 0.289. The highest BCUT2D eigenvalue weighted by atomic mass is 32.1. The van der Waals surface area contributed by atoms with Gasteiger partial charge in [0.1, 0.15) is 5.11 Å². The predicted octanol–water partition coefficient (Wildman–Crippen LogP) is -1.11. The van der Waals surface area contributed by atoms with E-state index < -0.39 is 0 Å². The number of carbonyl (C=O) groups is 1. The maximum atomic E-state index is 10.4. The van der Waals surface area contributed by atoms with Gasteiger partial charge in [-0.05, 0) is 6.26 Å². The molecule has 0 unspecified atom stereocenters. The van der Waals surface area contributed by atoms with Crippen molar-refractivity contribution in [3.63, 3.8) is 0 Å². The van der Waals surface area contributed by atoms with Crippen molar-refractivity contribution < 1.29 is 4.79 Å². The zero-order chi connectivity index (χ0) is 5.98. The lowest BCUT2D eigenvalue weighted by molar-refractivity contribution is -0.117. The van der Waals surface area contributed by atoms with Gasteiger partial charge in [0.15, 0.2) is 0 Å². The molecule has 1 aliphatic heterocycles. The van der Waals surface area contributed by atoms with Gasteiger partial charge in [-0.25, -0.2) is 0 Å². The average molecular weight is 132 g/mol. The monoisotopic (exact) mass is 132 g/mol. The number of amides is 1. The van der Waals surface area contributed by atoms with Crippen molar-refractivity contribution in [2.75, 3.05) is 12.8 Å². The van der Waals surface area contributed by atoms with Crippen molar-refractivity contribution in [2.45, 2.75) is 0 Å². The highest BCUT2D eigenvalue weighted by Gasteiger charge is 2.10. The Balaban J connectivity index is 2.56. The number of rotatable bonds is 0. The molecular weight excluding hydrogens is 124 g/mol. The zero-order valence-corrected chi connectivity index (χ0v) is 5.46. The van der Waals surface area contributed by atoms with Gasteiger partial charge in [-0.2, -0.15) is 11.4 Å². The van der Waals surface area contributed by atoms with Crippen molar-refractivity contribution >= 4 is 22.4 Å². The molecule has 46 valence electrons. The van der Waals surface area contributed by atoms with Crippen LogP contribution in [0.4, 0.5) is 0 Å². The maximum absolute atomic E-state index is 10.4. The van der Waals surface area contributed by atoms with E-state index in [0.29, 0.717) is 6.54 Å². The molecule has 0 aromatic rings. The second-order valence-electron chi connectivity index (χ2n) is 1.47. The molecule has 1 heterocycles. The van der Waals surface area contributed by atoms with Gasteiger partial charge in [-0.1, -0.05) is 0 Å². The van der Waals surface area contributed by atoms with E-state index in [1.54, 1.807) is 0 Å². The Morgan fingerprint density at radius 1 is 1.75 bits per heavy atom. The molecule has 1 aliphatic rings. The minimum atomic E-state index is 0.0642. The first kappa shape index (κ1) is 5.78. The summed E-state index contributed by atoms with van der Waals surface area (Å²) in [7, 11) is 0. The first-order chi connectivity index (χ1) is 3.83. The minimum absolute atomic E-state index is 0.0642. The molecule has 1 saturated heterocycles. The van der Waals surface area contributed by atoms with Gasteiger partial charge in [-0.15, -0.1) is 0 Å². The van der Waals surface area contributed by atoms with Crippen molar-refractivity contribution in [1.29, 1.82) is 0 Å². The van der Waals surface area contributed by atoms with Crippen molar-refractivity contribution in [3.8, 4) is 0 Å². The van der Waals surface area contributed by atoms with Gasteiger partial charge >= 0.3 is 0 Å². The largest absolute Gasteiger partial charge is 0.311 e. The number of hydrogen-bond acceptors (Lipinski definition) is 1. The Kier molecular flexibility index (Phi) is 1.65. The second kappa shape index (κ2) is 2.28. The standard InChI is InChI=1S/C4H8N2OS/c1-8-4-5-2-3(7)6-4/h5,8H,2H2,1H3,(H,6,7). The lowest BCUT2D eigenvalue weighted by Gasteiger charge is -1.90. The summed E-state index contributed by atoms with van der Waals surface area (Å²) in [4.78, 5) is 10.4. The van der Waals surface area contributed by atoms with E-state index in [9.17, 15) is 4.79 Å². The molecule has 0 aromatic carbocycles. The van der Waals surface area contributed by atoms with Gasteiger partial charge < -0.3 is 5.32 Å². The molecule has 3 nitrogen and oxygen atoms in total. The SMILES string of the molecule is C[SH]=C1NCC(=O)N1. The maximum Gasteiger partial charge on any atom is 0.239 e. The molecule has 0 aromatic heterocycles. The lowest BCUT2D eigenvalue weighted by atomic mass is 10.7. The summed E-state index contributed by atoms with van der Waals surface area (Å²) < 4.78 is 0. The summed E-state index contributed by atoms with van der Waals surface area (Å²) in [6, 6.07) is 0. The van der Waals surface area contributed by atoms with Crippen LogP contribution in [0.1, 0.15) is 0 Å². The number of hydrogen-bond donors (Lipinski definition) is 3. The van der Waals surface area contributed by atoms with Gasteiger partial charge in [0.2, 0.25) is 5.91 Å². The smallest absolute Gasteiger partial charge is 0.239 e. The van der Waals surface area contributed by atoms with E-state index in [1.807, 2.05) is 6.26 Å². The zero-order valence-electron chi connectivity index (χ0n) is 4.56. The fraction of sp³-hybridized carbons (Fsp3) is 0.500. The average Bonchev–Trinajstić information content (AvgIpc) is 2.14. The van der Waals surface area contributed by atoms with Crippen LogP contribution in [-0.4, -0.2) is 23.8 Å². The summed E-state index contributed by atoms with van der Waals surface area (Å²) in [6.07, 6.45) is 1.97. The molecule has 1 fully saturated rings. The van der Waals surface area contributed by atoms with Crippen LogP contribution in [0, 0.1) is 0 Å². The Morgan fingerprint density at radius 3 is 2.75 bits per heavy atom. The Labute approximate surface area is 51.4 Å². The topological polar surface area (TPSA) is 41.1 Å². The normalized spacial score (nSPS) is 25.1. The summed E-state index contributed by atoms with van der Waals surface area (Å²) in [5.74, 6) is 0.0642. The van der Waals surface area contributed by atoms with Gasteiger partial charge in [0.25, 0.3) is 0 Å². The van der Waals surface area contributed by atoms with E-state index in [2.05, 4.69) is 10.6 Å². The van der Waals surface area contributed by atoms with Crippen LogP contribution >= 0.6 is 11.4 Å². The van der Waals surface area contributed by atoms with Crippen LogP contribution in [0.5, 0.6) is 0 Å². The predicted molar refractivity (Wildman–Crippen MR) is 36.1 cm³/mol. The summed E-state index contributed by atoms with van der Waals surface area (Å²) >= 11 is 1.09. The summed E-state index contributed by atoms with van der Waals surface area (Å²) in [5, 5.41) is 6.47. The first-order valence-corrected chi connectivity index (χ1v) is 3.67. The Morgan fingerprint density at radius 2 is 2.50 bits per heavy atom. The molecule has 0 spiro atoms. The van der Waals surface area contributed by atoms with Gasteiger partial charge in [0.05, 0.1) is 6.54 Å². The van der Waals surface area contributed by atoms with E-state index in [0.717, 1.165) is 16.5 Å². The summed E-state index contributed by atoms with van der Waals surface area (Å²) in [5.41, 5.74) is 0. The molecule has 1 amide bonds. The Hall–Kier alpha value is -0.350. The molecule has 0 atom stereocenters. The van der Waals surface area contributed by atoms with Crippen molar-refractivity contribution in [1.82, 2.24) is 10.6 Å². The number of nitrogens with one attached hydrogen (secondary N) is 2. The highest BCUT2D eigenvalue weighted by molar-refractivity contribution is 7.98. The minimum Gasteiger partial charge on any atom is -0.311 e. The van der Waals surface area contributed by atoms with Crippen LogP contribution in [0.15, 0.2) is 0 Å². The third-order valence-electron chi connectivity index (χ3n) is 0.898. The third-order valence-corrected chi connectivity index (χ3v) is 1.61. The van der Waals surface area contributed by atoms with Crippen molar-refractivity contribution in [2.24, 2.45) is 0 Å². The molecule has 0 saturated carbocycles. The molecule has 1 rings (SSSR count). The van der Waals surface area contributed by atoms with Gasteiger partial charge in [0, 0.05) is 0 Å². The van der Waals surface area contributed by atoms with Crippen molar-refractivity contribution in [3.05, 3.63) is 0 Å². The van der Waals surface area contributed by atoms with Gasteiger partial charge in [-0.3, -0.25) is 10.1 Å². The fourth-order valence-corrected chi connectivity index (χ4v) is 0.993. The second-order valence-corrected chi connectivity index (χ2v) is 2.37. The van der Waals surface area contributed by atoms with E-state index in [1.165, 1.54) is 0 Å². The molecule has 0 bridgehead atoms. The van der Waals surface area contributed by atoms with E-state index in [-0.39, 0.29) is 5.91 Å². The van der Waals surface area contributed by atoms with Crippen LogP contribution in [-0.2, 0) is 4.79 Å². The van der Waals surface area contributed by atoms with Crippen LogP contribution in [0.2, 0.25) is 0 Å². The van der Waals surface area contributed by atoms with Crippen LogP contribution in [0.3, 0.4) is 0 Å². The number of carbonyl (C=O) groups excluding carboxylic acids is 1. The lowest BCUT2D eigenvalue weighted by Crippen LogP contribution is -2.22. The molecule has 4 heteroatoms. The fourth-order valence-electron chi connectivity index (χ4n) is 0.519. The van der Waals surface area contributed by atoms with E-state index in [4.69, 9.17) is 0 Å². The Bertz CT molecular complexity index is 143. The van der Waals surface area contributed by atoms with Crippen LogP contribution in [0.25, 0.3) is 0 Å². The van der Waals surface area contributed by atoms with E-state index >= 15 is 0 Å². The molecule has 2 N–H and O–H groups in total. The van der Waals surface area contributed by atoms with Crippen LogP contribution < -0.4 is 10.6 Å².